The van der Waals surface area contributed by atoms with E-state index in [1.165, 1.54) is 13.4 Å². The number of ether oxygens (including phenoxy) is 1. The second-order valence-electron chi connectivity index (χ2n) is 4.42. The Bertz CT molecular complexity index is 569. The zero-order chi connectivity index (χ0) is 15.1. The van der Waals surface area contributed by atoms with E-state index >= 15 is 0 Å². The Balaban J connectivity index is 2.09. The first kappa shape index (κ1) is 15.2. The van der Waals surface area contributed by atoms with Gasteiger partial charge in [0.2, 0.25) is 0 Å². The normalized spacial score (nSPS) is 10.8. The summed E-state index contributed by atoms with van der Waals surface area (Å²) in [6.07, 6.45) is 1.48. The second-order valence-corrected chi connectivity index (χ2v) is 4.42. The highest BCUT2D eigenvalue weighted by Crippen LogP contribution is 2.12. The van der Waals surface area contributed by atoms with E-state index in [2.05, 4.69) is 9.97 Å². The molecule has 0 aliphatic heterocycles. The number of rotatable bonds is 7. The third kappa shape index (κ3) is 4.14. The molecule has 6 heteroatoms. The minimum atomic E-state index is -0.432. The maximum absolute atomic E-state index is 11.6. The van der Waals surface area contributed by atoms with Crippen LogP contribution in [0.15, 0.2) is 36.7 Å². The number of esters is 1. The lowest BCUT2D eigenvalue weighted by Gasteiger charge is -2.20. The molecular formula is C15H19N3O3. The molecule has 0 aliphatic carbocycles. The van der Waals surface area contributed by atoms with E-state index in [9.17, 15) is 4.79 Å². The largest absolute Gasteiger partial charge is 0.464 e. The van der Waals surface area contributed by atoms with E-state index in [1.807, 2.05) is 37.3 Å². The molecule has 1 heterocycles. The van der Waals surface area contributed by atoms with E-state index < -0.39 is 5.97 Å². The van der Waals surface area contributed by atoms with Gasteiger partial charge in [-0.1, -0.05) is 30.3 Å². The van der Waals surface area contributed by atoms with Crippen molar-refractivity contribution in [2.45, 2.75) is 20.0 Å². The number of H-pyrrole nitrogens is 1. The van der Waals surface area contributed by atoms with Gasteiger partial charge in [-0.2, -0.15) is 5.06 Å². The third-order valence-corrected chi connectivity index (χ3v) is 2.95. The van der Waals surface area contributed by atoms with Crippen molar-refractivity contribution in [1.82, 2.24) is 15.0 Å². The van der Waals surface area contributed by atoms with Crippen LogP contribution in [-0.2, 0) is 22.7 Å². The molecule has 0 radical (unpaired) electrons. The highest BCUT2D eigenvalue weighted by molar-refractivity contribution is 5.88. The molecule has 0 unspecified atom stereocenters. The minimum absolute atomic E-state index is 0.357. The summed E-state index contributed by atoms with van der Waals surface area (Å²) < 4.78 is 4.73. The number of aromatic amines is 1. The summed E-state index contributed by atoms with van der Waals surface area (Å²) >= 11 is 0. The van der Waals surface area contributed by atoms with Gasteiger partial charge < -0.3 is 9.72 Å². The Morgan fingerprint density at radius 1 is 1.29 bits per heavy atom. The van der Waals surface area contributed by atoms with Gasteiger partial charge in [0.05, 0.1) is 32.3 Å². The maximum atomic E-state index is 11.6. The fraction of sp³-hybridized carbons (Fsp3) is 0.333. The van der Waals surface area contributed by atoms with Crippen LogP contribution < -0.4 is 0 Å². The maximum Gasteiger partial charge on any atom is 0.356 e. The Morgan fingerprint density at radius 3 is 2.71 bits per heavy atom. The summed E-state index contributed by atoms with van der Waals surface area (Å²) in [5.41, 5.74) is 2.09. The Hall–Kier alpha value is -2.18. The summed E-state index contributed by atoms with van der Waals surface area (Å²) in [7, 11) is 1.34. The molecule has 0 saturated carbocycles. The SMILES string of the molecule is CCON(Cc1ccccc1)Cc1nc[nH]c1C(=O)OC. The zero-order valence-corrected chi connectivity index (χ0v) is 12.2. The topological polar surface area (TPSA) is 67.5 Å². The molecule has 0 bridgehead atoms. The Kier molecular flexibility index (Phi) is 5.48. The van der Waals surface area contributed by atoms with Gasteiger partial charge in [0, 0.05) is 6.54 Å². The predicted octanol–water partition coefficient (Wildman–Crippen LogP) is 2.15. The Labute approximate surface area is 123 Å². The van der Waals surface area contributed by atoms with Crippen molar-refractivity contribution in [3.8, 4) is 0 Å². The van der Waals surface area contributed by atoms with E-state index in [4.69, 9.17) is 9.57 Å². The number of carbonyl (C=O) groups excluding carboxylic acids is 1. The lowest BCUT2D eigenvalue weighted by Crippen LogP contribution is -2.24. The smallest absolute Gasteiger partial charge is 0.356 e. The molecule has 21 heavy (non-hydrogen) atoms. The molecule has 0 spiro atoms. The number of aromatic nitrogens is 2. The van der Waals surface area contributed by atoms with Gasteiger partial charge in [0.1, 0.15) is 5.69 Å². The van der Waals surface area contributed by atoms with Crippen molar-refractivity contribution in [1.29, 1.82) is 0 Å². The number of hydroxylamine groups is 2. The van der Waals surface area contributed by atoms with Crippen molar-refractivity contribution >= 4 is 5.97 Å². The van der Waals surface area contributed by atoms with E-state index in [0.29, 0.717) is 31.1 Å². The van der Waals surface area contributed by atoms with Crippen LogP contribution in [0.4, 0.5) is 0 Å². The molecule has 0 aliphatic rings. The number of imidazole rings is 1. The zero-order valence-electron chi connectivity index (χ0n) is 12.2. The van der Waals surface area contributed by atoms with Gasteiger partial charge in [-0.15, -0.1) is 0 Å². The van der Waals surface area contributed by atoms with Crippen LogP contribution in [0.25, 0.3) is 0 Å². The third-order valence-electron chi connectivity index (χ3n) is 2.95. The molecule has 6 nitrogen and oxygen atoms in total. The molecule has 2 rings (SSSR count). The van der Waals surface area contributed by atoms with Crippen LogP contribution in [0, 0.1) is 0 Å². The van der Waals surface area contributed by atoms with Crippen molar-refractivity contribution in [2.75, 3.05) is 13.7 Å². The average Bonchev–Trinajstić information content (AvgIpc) is 2.96. The minimum Gasteiger partial charge on any atom is -0.464 e. The highest BCUT2D eigenvalue weighted by Gasteiger charge is 2.18. The number of hydrogen-bond acceptors (Lipinski definition) is 5. The standard InChI is InChI=1S/C15H19N3O3/c1-3-21-18(9-12-7-5-4-6-8-12)10-13-14(15(19)20-2)17-11-16-13/h4-8,11H,3,9-10H2,1-2H3,(H,16,17). The van der Waals surface area contributed by atoms with Crippen LogP contribution >= 0.6 is 0 Å². The van der Waals surface area contributed by atoms with E-state index in [-0.39, 0.29) is 0 Å². The number of nitrogens with zero attached hydrogens (tertiary/aromatic N) is 2. The molecular weight excluding hydrogens is 270 g/mol. The first-order valence-electron chi connectivity index (χ1n) is 6.77. The number of hydrogen-bond donors (Lipinski definition) is 1. The van der Waals surface area contributed by atoms with E-state index in [1.54, 1.807) is 5.06 Å². The molecule has 1 aromatic carbocycles. The molecule has 0 atom stereocenters. The first-order chi connectivity index (χ1) is 10.2. The molecule has 1 aromatic heterocycles. The molecule has 2 aromatic rings. The van der Waals surface area contributed by atoms with Crippen molar-refractivity contribution in [3.05, 3.63) is 53.6 Å². The summed E-state index contributed by atoms with van der Waals surface area (Å²) in [4.78, 5) is 24.2. The summed E-state index contributed by atoms with van der Waals surface area (Å²) in [5, 5.41) is 1.78. The first-order valence-corrected chi connectivity index (χ1v) is 6.77. The van der Waals surface area contributed by atoms with Crippen LogP contribution in [0.3, 0.4) is 0 Å². The molecule has 1 N–H and O–H groups in total. The fourth-order valence-corrected chi connectivity index (χ4v) is 2.01. The number of nitrogens with one attached hydrogen (secondary N) is 1. The average molecular weight is 289 g/mol. The lowest BCUT2D eigenvalue weighted by molar-refractivity contribution is -0.170. The van der Waals surface area contributed by atoms with Crippen molar-refractivity contribution in [2.24, 2.45) is 0 Å². The number of methoxy groups -OCH3 is 1. The van der Waals surface area contributed by atoms with Gasteiger partial charge in [-0.25, -0.2) is 9.78 Å². The fourth-order valence-electron chi connectivity index (χ4n) is 2.01. The quantitative estimate of drug-likeness (QED) is 0.625. The summed E-state index contributed by atoms with van der Waals surface area (Å²) in [6, 6.07) is 9.98. The van der Waals surface area contributed by atoms with Crippen molar-refractivity contribution < 1.29 is 14.4 Å². The van der Waals surface area contributed by atoms with Crippen LogP contribution in [0.1, 0.15) is 28.7 Å². The Morgan fingerprint density at radius 2 is 2.05 bits per heavy atom. The van der Waals surface area contributed by atoms with Crippen molar-refractivity contribution in [3.63, 3.8) is 0 Å². The lowest BCUT2D eigenvalue weighted by atomic mass is 10.2. The van der Waals surface area contributed by atoms with Crippen LogP contribution in [0.2, 0.25) is 0 Å². The second kappa shape index (κ2) is 7.56. The monoisotopic (exact) mass is 289 g/mol. The van der Waals surface area contributed by atoms with Gasteiger partial charge in [0.15, 0.2) is 0 Å². The molecule has 0 saturated heterocycles. The van der Waals surface area contributed by atoms with Crippen LogP contribution in [0.5, 0.6) is 0 Å². The van der Waals surface area contributed by atoms with E-state index in [0.717, 1.165) is 5.56 Å². The molecule has 112 valence electrons. The van der Waals surface area contributed by atoms with Gasteiger partial charge in [-0.05, 0) is 12.5 Å². The van der Waals surface area contributed by atoms with Crippen LogP contribution in [-0.4, -0.2) is 34.7 Å². The number of benzene rings is 1. The van der Waals surface area contributed by atoms with Gasteiger partial charge in [-0.3, -0.25) is 4.84 Å². The molecule has 0 amide bonds. The predicted molar refractivity (Wildman–Crippen MR) is 77.2 cm³/mol. The summed E-state index contributed by atoms with van der Waals surface area (Å²) in [5.74, 6) is -0.432. The highest BCUT2D eigenvalue weighted by atomic mass is 16.7. The molecule has 0 fully saturated rings. The van der Waals surface area contributed by atoms with Gasteiger partial charge >= 0.3 is 5.97 Å². The van der Waals surface area contributed by atoms with Gasteiger partial charge in [0.25, 0.3) is 0 Å². The summed E-state index contributed by atoms with van der Waals surface area (Å²) in [6.45, 7) is 3.48. The number of carbonyl (C=O) groups is 1.